The standard InChI is InChI=1S/C16H14O2/c1-12-6-5-7-13(10-12)11-15(16(17)18)14-8-3-2-4-9-14/h2-11H,1H3,(H,17,18)/b15-11-. The summed E-state index contributed by atoms with van der Waals surface area (Å²) in [6.07, 6.45) is 1.70. The molecule has 2 aromatic rings. The van der Waals surface area contributed by atoms with Crippen LogP contribution in [0.5, 0.6) is 0 Å². The SMILES string of the molecule is Cc1cccc(/C=C(\C(=O)O)c2ccccc2)c1. The summed E-state index contributed by atoms with van der Waals surface area (Å²) in [7, 11) is 0. The average molecular weight is 238 g/mol. The van der Waals surface area contributed by atoms with Gasteiger partial charge in [-0.05, 0) is 24.1 Å². The molecule has 0 aliphatic heterocycles. The van der Waals surface area contributed by atoms with Gasteiger partial charge in [-0.15, -0.1) is 0 Å². The summed E-state index contributed by atoms with van der Waals surface area (Å²) in [4.78, 5) is 11.3. The molecule has 0 aliphatic carbocycles. The Labute approximate surface area is 106 Å². The Morgan fingerprint density at radius 1 is 1.06 bits per heavy atom. The molecular formula is C16H14O2. The maximum absolute atomic E-state index is 11.3. The van der Waals surface area contributed by atoms with Crippen LogP contribution in [0.3, 0.4) is 0 Å². The predicted molar refractivity (Wildman–Crippen MR) is 73.1 cm³/mol. The highest BCUT2D eigenvalue weighted by atomic mass is 16.4. The van der Waals surface area contributed by atoms with Gasteiger partial charge in [0.15, 0.2) is 0 Å². The lowest BCUT2D eigenvalue weighted by atomic mass is 10.0. The van der Waals surface area contributed by atoms with E-state index in [4.69, 9.17) is 0 Å². The molecule has 0 heterocycles. The van der Waals surface area contributed by atoms with Crippen molar-refractivity contribution < 1.29 is 9.90 Å². The molecule has 0 atom stereocenters. The average Bonchev–Trinajstić information content (AvgIpc) is 2.37. The Hall–Kier alpha value is -2.35. The molecule has 1 N–H and O–H groups in total. The van der Waals surface area contributed by atoms with E-state index in [1.807, 2.05) is 49.4 Å². The van der Waals surface area contributed by atoms with Gasteiger partial charge in [0, 0.05) is 0 Å². The fourth-order valence-electron chi connectivity index (χ4n) is 1.81. The Morgan fingerprint density at radius 2 is 1.78 bits per heavy atom. The number of carboxylic acid groups (broad SMARTS) is 1. The van der Waals surface area contributed by atoms with Crippen LogP contribution in [-0.4, -0.2) is 11.1 Å². The van der Waals surface area contributed by atoms with Crippen molar-refractivity contribution in [3.8, 4) is 0 Å². The minimum Gasteiger partial charge on any atom is -0.478 e. The van der Waals surface area contributed by atoms with E-state index in [-0.39, 0.29) is 0 Å². The van der Waals surface area contributed by atoms with Crippen LogP contribution >= 0.6 is 0 Å². The number of carboxylic acids is 1. The highest BCUT2D eigenvalue weighted by molar-refractivity contribution is 6.20. The third kappa shape index (κ3) is 2.86. The van der Waals surface area contributed by atoms with Crippen molar-refractivity contribution in [1.82, 2.24) is 0 Å². The molecular weight excluding hydrogens is 224 g/mol. The van der Waals surface area contributed by atoms with Crippen LogP contribution < -0.4 is 0 Å². The fourth-order valence-corrected chi connectivity index (χ4v) is 1.81. The summed E-state index contributed by atoms with van der Waals surface area (Å²) in [5.41, 5.74) is 3.03. The van der Waals surface area contributed by atoms with Crippen molar-refractivity contribution in [3.63, 3.8) is 0 Å². The highest BCUT2D eigenvalue weighted by Gasteiger charge is 2.09. The molecule has 18 heavy (non-hydrogen) atoms. The Kier molecular flexibility index (Phi) is 3.58. The van der Waals surface area contributed by atoms with Gasteiger partial charge in [0.25, 0.3) is 0 Å². The van der Waals surface area contributed by atoms with Crippen LogP contribution in [0.15, 0.2) is 54.6 Å². The first-order valence-electron chi connectivity index (χ1n) is 5.74. The second kappa shape index (κ2) is 5.32. The zero-order chi connectivity index (χ0) is 13.0. The molecule has 2 heteroatoms. The molecule has 2 rings (SSSR count). The molecule has 0 aliphatic rings. The molecule has 0 radical (unpaired) electrons. The van der Waals surface area contributed by atoms with Crippen molar-refractivity contribution in [2.75, 3.05) is 0 Å². The van der Waals surface area contributed by atoms with Crippen molar-refractivity contribution in [2.24, 2.45) is 0 Å². The fraction of sp³-hybridized carbons (Fsp3) is 0.0625. The molecule has 0 spiro atoms. The van der Waals surface area contributed by atoms with Crippen LogP contribution in [0.4, 0.5) is 0 Å². The van der Waals surface area contributed by atoms with Gasteiger partial charge < -0.3 is 5.11 Å². The van der Waals surface area contributed by atoms with Crippen molar-refractivity contribution in [2.45, 2.75) is 6.92 Å². The van der Waals surface area contributed by atoms with E-state index in [1.165, 1.54) is 0 Å². The van der Waals surface area contributed by atoms with Gasteiger partial charge in [-0.25, -0.2) is 4.79 Å². The maximum atomic E-state index is 11.3. The van der Waals surface area contributed by atoms with Crippen LogP contribution in [0.25, 0.3) is 11.6 Å². The van der Waals surface area contributed by atoms with Crippen LogP contribution in [-0.2, 0) is 4.79 Å². The number of hydrogen-bond acceptors (Lipinski definition) is 1. The molecule has 0 amide bonds. The Bertz CT molecular complexity index is 583. The second-order valence-electron chi connectivity index (χ2n) is 4.14. The monoisotopic (exact) mass is 238 g/mol. The molecule has 2 nitrogen and oxygen atoms in total. The third-order valence-corrected chi connectivity index (χ3v) is 2.67. The zero-order valence-corrected chi connectivity index (χ0v) is 10.1. The smallest absolute Gasteiger partial charge is 0.336 e. The lowest BCUT2D eigenvalue weighted by Gasteiger charge is -2.03. The summed E-state index contributed by atoms with van der Waals surface area (Å²) >= 11 is 0. The minimum atomic E-state index is -0.914. The Balaban J connectivity index is 2.46. The van der Waals surface area contributed by atoms with Gasteiger partial charge in [0.05, 0.1) is 5.57 Å². The lowest BCUT2D eigenvalue weighted by molar-refractivity contribution is -0.130. The number of benzene rings is 2. The van der Waals surface area contributed by atoms with Crippen molar-refractivity contribution in [3.05, 3.63) is 71.3 Å². The summed E-state index contributed by atoms with van der Waals surface area (Å²) in [5, 5.41) is 9.29. The molecule has 0 unspecified atom stereocenters. The minimum absolute atomic E-state index is 0.307. The van der Waals surface area contributed by atoms with Crippen LogP contribution in [0.1, 0.15) is 16.7 Å². The first-order valence-corrected chi connectivity index (χ1v) is 5.74. The van der Waals surface area contributed by atoms with Gasteiger partial charge in [-0.3, -0.25) is 0 Å². The second-order valence-corrected chi connectivity index (χ2v) is 4.14. The molecule has 0 aromatic heterocycles. The summed E-state index contributed by atoms with van der Waals surface area (Å²) < 4.78 is 0. The van der Waals surface area contributed by atoms with E-state index in [1.54, 1.807) is 18.2 Å². The van der Waals surface area contributed by atoms with E-state index in [0.717, 1.165) is 11.1 Å². The van der Waals surface area contributed by atoms with E-state index in [0.29, 0.717) is 11.1 Å². The largest absolute Gasteiger partial charge is 0.478 e. The maximum Gasteiger partial charge on any atom is 0.336 e. The quantitative estimate of drug-likeness (QED) is 0.655. The summed E-state index contributed by atoms with van der Waals surface area (Å²) in [6, 6.07) is 16.9. The van der Waals surface area contributed by atoms with Gasteiger partial charge in [-0.1, -0.05) is 60.2 Å². The number of carbonyl (C=O) groups is 1. The number of rotatable bonds is 3. The molecule has 2 aromatic carbocycles. The lowest BCUT2D eigenvalue weighted by Crippen LogP contribution is -1.99. The van der Waals surface area contributed by atoms with Gasteiger partial charge in [0.2, 0.25) is 0 Å². The number of aliphatic carboxylic acids is 1. The topological polar surface area (TPSA) is 37.3 Å². The molecule has 0 bridgehead atoms. The van der Waals surface area contributed by atoms with Crippen molar-refractivity contribution >= 4 is 17.6 Å². The molecule has 90 valence electrons. The normalized spacial score (nSPS) is 11.3. The first kappa shape index (κ1) is 12.1. The third-order valence-electron chi connectivity index (χ3n) is 2.67. The predicted octanol–water partition coefficient (Wildman–Crippen LogP) is 3.62. The van der Waals surface area contributed by atoms with Crippen molar-refractivity contribution in [1.29, 1.82) is 0 Å². The highest BCUT2D eigenvalue weighted by Crippen LogP contribution is 2.18. The van der Waals surface area contributed by atoms with E-state index in [9.17, 15) is 9.90 Å². The van der Waals surface area contributed by atoms with Crippen LogP contribution in [0.2, 0.25) is 0 Å². The summed E-state index contributed by atoms with van der Waals surface area (Å²) in [5.74, 6) is -0.914. The summed E-state index contributed by atoms with van der Waals surface area (Å²) in [6.45, 7) is 1.99. The van der Waals surface area contributed by atoms with Crippen LogP contribution in [0, 0.1) is 6.92 Å². The van der Waals surface area contributed by atoms with E-state index < -0.39 is 5.97 Å². The molecule has 0 saturated heterocycles. The zero-order valence-electron chi connectivity index (χ0n) is 10.1. The van der Waals surface area contributed by atoms with E-state index >= 15 is 0 Å². The Morgan fingerprint density at radius 3 is 2.39 bits per heavy atom. The van der Waals surface area contributed by atoms with Gasteiger partial charge in [0.1, 0.15) is 0 Å². The van der Waals surface area contributed by atoms with Gasteiger partial charge in [-0.2, -0.15) is 0 Å². The molecule has 0 fully saturated rings. The van der Waals surface area contributed by atoms with Gasteiger partial charge >= 0.3 is 5.97 Å². The number of aryl methyl sites for hydroxylation is 1. The first-order chi connectivity index (χ1) is 8.66. The van der Waals surface area contributed by atoms with E-state index in [2.05, 4.69) is 0 Å². The number of hydrogen-bond donors (Lipinski definition) is 1. The molecule has 0 saturated carbocycles.